The number of carbonyl (C=O) groups excluding carboxylic acids is 2. The number of nitrogens with two attached hydrogens (primary N) is 1. The fourth-order valence-electron chi connectivity index (χ4n) is 12.4. The first kappa shape index (κ1) is 98.9. The standard InChI is InChI=1S/C93H162NO8P/c1-3-5-7-9-11-13-15-17-19-21-23-25-27-29-31-33-35-37-39-41-43-45-47-49-51-53-55-57-59-61-63-65-67-69-71-73-75-77-79-81-83-85-92(95)99-89-91(90-101-103(97,98)100-88-87-94)102-93(96)86-84-82-80-78-76-74-72-70-68-66-64-62-60-58-56-54-52-50-48-46-44-42-40-38-36-34-32-30-28-26-24-22-20-18-16-14-12-10-8-6-4-2/h5-8,11-14,17-20,23-26,30,32,36,38,42,44,48,50,91H,3-4,9-10,15-16,21-22,27-29,31,33-35,37,39-41,43,45-47,49,51-90,94H2,1-2H3,(H,97,98)/b7-5-,8-6-,13-11-,14-12-,19-17-,20-18-,25-23-,26-24-,32-30-,38-36-,44-42-,50-48-. The maximum absolute atomic E-state index is 12.8. The molecule has 2 atom stereocenters. The van der Waals surface area contributed by atoms with Crippen LogP contribution in [0, 0.1) is 0 Å². The zero-order valence-electron chi connectivity index (χ0n) is 67.0. The van der Waals surface area contributed by atoms with Gasteiger partial charge in [-0.05, 0) is 116 Å². The van der Waals surface area contributed by atoms with Gasteiger partial charge in [-0.1, -0.05) is 417 Å². The fraction of sp³-hybridized carbons (Fsp3) is 0.720. The number of allylic oxidation sites excluding steroid dienone is 24. The zero-order valence-corrected chi connectivity index (χ0v) is 67.9. The predicted octanol–water partition coefficient (Wildman–Crippen LogP) is 29.7. The Labute approximate surface area is 636 Å². The Hall–Kier alpha value is -4.11. The molecule has 0 radical (unpaired) electrons. The molecule has 0 rings (SSSR count). The third-order valence-corrected chi connectivity index (χ3v) is 19.7. The van der Waals surface area contributed by atoms with E-state index in [2.05, 4.69) is 160 Å². The summed E-state index contributed by atoms with van der Waals surface area (Å²) in [5, 5.41) is 0. The van der Waals surface area contributed by atoms with Crippen LogP contribution in [0.25, 0.3) is 0 Å². The predicted molar refractivity (Wildman–Crippen MR) is 450 cm³/mol. The molecule has 0 aliphatic heterocycles. The van der Waals surface area contributed by atoms with E-state index in [0.717, 1.165) is 116 Å². The third kappa shape index (κ3) is 86.7. The summed E-state index contributed by atoms with van der Waals surface area (Å²) in [5.74, 6) is -0.813. The normalized spacial score (nSPS) is 13.6. The summed E-state index contributed by atoms with van der Waals surface area (Å²) in [6.07, 6.45) is 126. The van der Waals surface area contributed by atoms with Gasteiger partial charge in [0, 0.05) is 19.4 Å². The molecule has 0 aromatic carbocycles. The minimum Gasteiger partial charge on any atom is -0.462 e. The van der Waals surface area contributed by atoms with Gasteiger partial charge in [0.05, 0.1) is 13.2 Å². The van der Waals surface area contributed by atoms with Crippen molar-refractivity contribution in [1.29, 1.82) is 0 Å². The molecule has 0 heterocycles. The molecule has 0 aliphatic carbocycles. The quantitative estimate of drug-likeness (QED) is 0.0264. The fourth-order valence-corrected chi connectivity index (χ4v) is 13.2. The topological polar surface area (TPSA) is 134 Å². The Bertz CT molecular complexity index is 2220. The van der Waals surface area contributed by atoms with Crippen molar-refractivity contribution in [3.05, 3.63) is 146 Å². The van der Waals surface area contributed by atoms with Crippen LogP contribution in [0.5, 0.6) is 0 Å². The van der Waals surface area contributed by atoms with E-state index < -0.39 is 26.5 Å². The first-order valence-corrected chi connectivity index (χ1v) is 44.8. The van der Waals surface area contributed by atoms with E-state index in [1.165, 1.54) is 250 Å². The van der Waals surface area contributed by atoms with Crippen molar-refractivity contribution in [3.8, 4) is 0 Å². The van der Waals surface area contributed by atoms with E-state index in [9.17, 15) is 19.0 Å². The van der Waals surface area contributed by atoms with Gasteiger partial charge in [0.1, 0.15) is 6.61 Å². The number of unbranched alkanes of at least 4 members (excludes halogenated alkanes) is 44. The number of phosphoric acid groups is 1. The molecule has 103 heavy (non-hydrogen) atoms. The lowest BCUT2D eigenvalue weighted by Gasteiger charge is -2.19. The lowest BCUT2D eigenvalue weighted by Crippen LogP contribution is -2.29. The second-order valence-electron chi connectivity index (χ2n) is 28.6. The van der Waals surface area contributed by atoms with Crippen LogP contribution in [-0.4, -0.2) is 49.3 Å². The van der Waals surface area contributed by atoms with Crippen molar-refractivity contribution in [2.75, 3.05) is 26.4 Å². The minimum atomic E-state index is -4.40. The summed E-state index contributed by atoms with van der Waals surface area (Å²) in [4.78, 5) is 35.5. The molecule has 0 saturated heterocycles. The molecule has 10 heteroatoms. The van der Waals surface area contributed by atoms with Crippen molar-refractivity contribution in [2.45, 2.75) is 405 Å². The van der Waals surface area contributed by atoms with Gasteiger partial charge < -0.3 is 20.1 Å². The Balaban J connectivity index is 3.77. The Morgan fingerprint density at radius 2 is 0.505 bits per heavy atom. The highest BCUT2D eigenvalue weighted by Gasteiger charge is 2.26. The number of rotatable bonds is 81. The zero-order chi connectivity index (χ0) is 74.3. The van der Waals surface area contributed by atoms with Crippen molar-refractivity contribution in [1.82, 2.24) is 0 Å². The van der Waals surface area contributed by atoms with E-state index in [1.807, 2.05) is 0 Å². The van der Waals surface area contributed by atoms with Crippen LogP contribution in [0.2, 0.25) is 0 Å². The van der Waals surface area contributed by atoms with Crippen LogP contribution in [0.3, 0.4) is 0 Å². The van der Waals surface area contributed by atoms with Crippen LogP contribution >= 0.6 is 7.82 Å². The van der Waals surface area contributed by atoms with Crippen LogP contribution in [-0.2, 0) is 32.7 Å². The van der Waals surface area contributed by atoms with Crippen LogP contribution < -0.4 is 5.73 Å². The van der Waals surface area contributed by atoms with Crippen molar-refractivity contribution in [3.63, 3.8) is 0 Å². The molecule has 0 aliphatic rings. The first-order valence-electron chi connectivity index (χ1n) is 43.3. The lowest BCUT2D eigenvalue weighted by molar-refractivity contribution is -0.161. The van der Waals surface area contributed by atoms with Gasteiger partial charge in [-0.2, -0.15) is 0 Å². The lowest BCUT2D eigenvalue weighted by atomic mass is 10.0. The monoisotopic (exact) mass is 1450 g/mol. The highest BCUT2D eigenvalue weighted by Crippen LogP contribution is 2.43. The molecular formula is C93H162NO8P. The van der Waals surface area contributed by atoms with Crippen LogP contribution in [0.1, 0.15) is 399 Å². The number of hydrogen-bond acceptors (Lipinski definition) is 8. The number of ether oxygens (including phenoxy) is 2. The summed E-state index contributed by atoms with van der Waals surface area (Å²) in [5.41, 5.74) is 5.42. The molecule has 0 amide bonds. The van der Waals surface area contributed by atoms with Gasteiger partial charge in [-0.25, -0.2) is 4.57 Å². The summed E-state index contributed by atoms with van der Waals surface area (Å²) >= 11 is 0. The molecule has 0 fully saturated rings. The number of hydrogen-bond donors (Lipinski definition) is 2. The highest BCUT2D eigenvalue weighted by molar-refractivity contribution is 7.47. The molecule has 2 unspecified atom stereocenters. The highest BCUT2D eigenvalue weighted by atomic mass is 31.2. The molecule has 0 aromatic rings. The Kier molecular flexibility index (Phi) is 83.3. The summed E-state index contributed by atoms with van der Waals surface area (Å²) in [7, 11) is -4.40. The molecule has 0 saturated carbocycles. The minimum absolute atomic E-state index is 0.0514. The van der Waals surface area contributed by atoms with Crippen LogP contribution in [0.15, 0.2) is 146 Å². The van der Waals surface area contributed by atoms with Gasteiger partial charge in [-0.3, -0.25) is 18.6 Å². The second-order valence-corrected chi connectivity index (χ2v) is 30.1. The molecule has 592 valence electrons. The molecule has 9 nitrogen and oxygen atoms in total. The van der Waals surface area contributed by atoms with E-state index in [-0.39, 0.29) is 38.6 Å². The summed E-state index contributed by atoms with van der Waals surface area (Å²) in [6.45, 7) is 3.56. The molecule has 3 N–H and O–H groups in total. The average Bonchev–Trinajstić information content (AvgIpc) is 0.970. The third-order valence-electron chi connectivity index (χ3n) is 18.7. The Morgan fingerprint density at radius 3 is 0.748 bits per heavy atom. The molecule has 0 bridgehead atoms. The van der Waals surface area contributed by atoms with Gasteiger partial charge in [0.2, 0.25) is 0 Å². The summed E-state index contributed by atoms with van der Waals surface area (Å²) < 4.78 is 33.3. The Morgan fingerprint density at radius 1 is 0.291 bits per heavy atom. The maximum Gasteiger partial charge on any atom is 0.472 e. The van der Waals surface area contributed by atoms with Gasteiger partial charge in [-0.15, -0.1) is 0 Å². The van der Waals surface area contributed by atoms with Gasteiger partial charge in [0.15, 0.2) is 6.10 Å². The molecular weight excluding hydrogens is 1290 g/mol. The number of carbonyl (C=O) groups is 2. The largest absolute Gasteiger partial charge is 0.472 e. The number of esters is 2. The maximum atomic E-state index is 12.8. The van der Waals surface area contributed by atoms with Gasteiger partial charge >= 0.3 is 19.8 Å². The van der Waals surface area contributed by atoms with E-state index in [0.29, 0.717) is 6.42 Å². The molecule has 0 spiro atoms. The number of phosphoric ester groups is 1. The van der Waals surface area contributed by atoms with E-state index in [1.54, 1.807) is 0 Å². The molecule has 0 aromatic heterocycles. The van der Waals surface area contributed by atoms with Crippen molar-refractivity contribution >= 4 is 19.8 Å². The van der Waals surface area contributed by atoms with Gasteiger partial charge in [0.25, 0.3) is 0 Å². The second kappa shape index (κ2) is 86.8. The van der Waals surface area contributed by atoms with Crippen molar-refractivity contribution < 1.29 is 37.6 Å². The van der Waals surface area contributed by atoms with E-state index >= 15 is 0 Å². The SMILES string of the molecule is CC/C=C\C/C=C\C/C=C\C/C=C\C/C=C\C/C=C\C/C=C\C/C=C\CCCCCCCCCCCCCCCCCCC(=O)OC(COC(=O)CCCCCCCCCCCCCCCCCCCCCCCCCCCCCC/C=C\C/C=C\C/C=C\C/C=C\CC)COP(=O)(O)OCCN. The first-order chi connectivity index (χ1) is 50.8. The average molecular weight is 1450 g/mol. The smallest absolute Gasteiger partial charge is 0.462 e. The van der Waals surface area contributed by atoms with Crippen molar-refractivity contribution in [2.24, 2.45) is 5.73 Å². The summed E-state index contributed by atoms with van der Waals surface area (Å²) in [6, 6.07) is 0. The van der Waals surface area contributed by atoms with E-state index in [4.69, 9.17) is 24.3 Å². The van der Waals surface area contributed by atoms with Crippen LogP contribution in [0.4, 0.5) is 0 Å².